The van der Waals surface area contributed by atoms with Gasteiger partial charge < -0.3 is 18.5 Å². The van der Waals surface area contributed by atoms with Crippen LogP contribution >= 0.6 is 0 Å². The van der Waals surface area contributed by atoms with Gasteiger partial charge in [-0.25, -0.2) is 4.79 Å². The van der Waals surface area contributed by atoms with Gasteiger partial charge in [0.2, 0.25) is 5.89 Å². The van der Waals surface area contributed by atoms with Crippen LogP contribution in [-0.2, 0) is 11.3 Å². The molecule has 0 radical (unpaired) electrons. The highest BCUT2D eigenvalue weighted by atomic mass is 16.6. The number of carbonyl (C=O) groups is 1. The molecule has 2 fully saturated rings. The molecule has 1 atom stereocenters. The van der Waals surface area contributed by atoms with Crippen LogP contribution in [0.25, 0.3) is 11.7 Å². The molecular weight excluding hydrogens is 312 g/mol. The summed E-state index contributed by atoms with van der Waals surface area (Å²) in [5.74, 6) is 1.54. The Bertz CT molecular complexity index is 713. The summed E-state index contributed by atoms with van der Waals surface area (Å²) in [5.41, 5.74) is -0.339. The minimum Gasteiger partial charge on any atom is -0.459 e. The van der Waals surface area contributed by atoms with Crippen LogP contribution in [0.1, 0.15) is 25.2 Å². The van der Waals surface area contributed by atoms with Crippen LogP contribution in [-0.4, -0.2) is 58.4 Å². The average Bonchev–Trinajstić information content (AvgIpc) is 3.24. The number of carbonyl (C=O) groups excluding carboxylic acids is 1. The lowest BCUT2D eigenvalue weighted by Crippen LogP contribution is -2.35. The minimum absolute atomic E-state index is 0.219. The molecule has 2 aliphatic rings. The van der Waals surface area contributed by atoms with Crippen molar-refractivity contribution in [1.29, 1.82) is 0 Å². The van der Waals surface area contributed by atoms with Gasteiger partial charge in [-0.1, -0.05) is 0 Å². The quantitative estimate of drug-likeness (QED) is 0.851. The number of nitrogens with zero attached hydrogens (tertiary/aromatic N) is 4. The van der Waals surface area contributed by atoms with Crippen LogP contribution in [0.2, 0.25) is 0 Å². The Hall–Kier alpha value is -2.35. The van der Waals surface area contributed by atoms with Crippen LogP contribution in [0, 0.1) is 0 Å². The molecule has 1 amide bonds. The fourth-order valence-electron chi connectivity index (χ4n) is 3.44. The molecule has 4 rings (SSSR count). The van der Waals surface area contributed by atoms with Gasteiger partial charge in [-0.15, -0.1) is 10.2 Å². The second kappa shape index (κ2) is 5.94. The summed E-state index contributed by atoms with van der Waals surface area (Å²) in [5, 5.41) is 8.12. The lowest BCUT2D eigenvalue weighted by molar-refractivity contribution is 0.0440. The van der Waals surface area contributed by atoms with E-state index in [1.54, 1.807) is 30.3 Å². The fraction of sp³-hybridized carbons (Fsp3) is 0.562. The zero-order valence-corrected chi connectivity index (χ0v) is 13.6. The maximum atomic E-state index is 11.7. The van der Waals surface area contributed by atoms with Crippen molar-refractivity contribution < 1.29 is 18.4 Å². The van der Waals surface area contributed by atoms with Gasteiger partial charge in [0.1, 0.15) is 5.60 Å². The molecule has 8 nitrogen and oxygen atoms in total. The molecular formula is C16H20N4O4. The van der Waals surface area contributed by atoms with Crippen molar-refractivity contribution in [3.8, 4) is 11.7 Å². The second-order valence-electron chi connectivity index (χ2n) is 6.52. The Kier molecular flexibility index (Phi) is 3.76. The summed E-state index contributed by atoms with van der Waals surface area (Å²) < 4.78 is 16.6. The molecule has 0 aromatic carbocycles. The van der Waals surface area contributed by atoms with Gasteiger partial charge >= 0.3 is 6.09 Å². The van der Waals surface area contributed by atoms with E-state index in [1.807, 2.05) is 0 Å². The predicted octanol–water partition coefficient (Wildman–Crippen LogP) is 2.14. The first-order chi connectivity index (χ1) is 11.6. The summed E-state index contributed by atoms with van der Waals surface area (Å²) in [7, 11) is 1.79. The second-order valence-corrected chi connectivity index (χ2v) is 6.52. The Morgan fingerprint density at radius 2 is 2.21 bits per heavy atom. The number of likely N-dealkylation sites (tertiary alicyclic amines) is 1. The Morgan fingerprint density at radius 3 is 2.96 bits per heavy atom. The van der Waals surface area contributed by atoms with Gasteiger partial charge in [0, 0.05) is 20.0 Å². The Labute approximate surface area is 139 Å². The largest absolute Gasteiger partial charge is 0.459 e. The van der Waals surface area contributed by atoms with E-state index in [2.05, 4.69) is 15.1 Å². The number of likely N-dealkylation sites (N-methyl/N-ethyl adjacent to an activating group) is 1. The van der Waals surface area contributed by atoms with Crippen LogP contribution in [0.15, 0.2) is 27.2 Å². The SMILES string of the molecule is CN1C[C@]2(CCCN(Cc3nnc(-c4ccco4)o3)CC2)OC1=O. The third kappa shape index (κ3) is 2.89. The average molecular weight is 332 g/mol. The summed E-state index contributed by atoms with van der Waals surface area (Å²) in [4.78, 5) is 15.6. The van der Waals surface area contributed by atoms with Crippen molar-refractivity contribution in [1.82, 2.24) is 20.0 Å². The zero-order valence-electron chi connectivity index (χ0n) is 13.6. The van der Waals surface area contributed by atoms with Crippen molar-refractivity contribution in [2.24, 2.45) is 0 Å². The van der Waals surface area contributed by atoms with Gasteiger partial charge in [0.05, 0.1) is 19.4 Å². The molecule has 8 heteroatoms. The molecule has 2 saturated heterocycles. The van der Waals surface area contributed by atoms with E-state index in [-0.39, 0.29) is 11.7 Å². The van der Waals surface area contributed by atoms with Gasteiger partial charge in [-0.2, -0.15) is 0 Å². The first-order valence-electron chi connectivity index (χ1n) is 8.16. The van der Waals surface area contributed by atoms with Gasteiger partial charge in [0.25, 0.3) is 5.89 Å². The van der Waals surface area contributed by atoms with Gasteiger partial charge in [-0.05, 0) is 31.5 Å². The summed E-state index contributed by atoms with van der Waals surface area (Å²) in [6.45, 7) is 3.01. The number of hydrogen-bond donors (Lipinski definition) is 0. The van der Waals surface area contributed by atoms with Crippen molar-refractivity contribution in [2.45, 2.75) is 31.4 Å². The van der Waals surface area contributed by atoms with E-state index in [9.17, 15) is 4.79 Å². The van der Waals surface area contributed by atoms with E-state index in [4.69, 9.17) is 13.6 Å². The van der Waals surface area contributed by atoms with E-state index >= 15 is 0 Å². The molecule has 0 bridgehead atoms. The number of hydrogen-bond acceptors (Lipinski definition) is 7. The van der Waals surface area contributed by atoms with Crippen molar-refractivity contribution >= 4 is 6.09 Å². The summed E-state index contributed by atoms with van der Waals surface area (Å²) in [6, 6.07) is 3.57. The molecule has 2 aliphatic heterocycles. The molecule has 2 aromatic heterocycles. The molecule has 24 heavy (non-hydrogen) atoms. The molecule has 0 N–H and O–H groups in total. The van der Waals surface area contributed by atoms with E-state index in [0.717, 1.165) is 32.4 Å². The van der Waals surface area contributed by atoms with E-state index in [0.29, 0.717) is 30.6 Å². The Balaban J connectivity index is 1.39. The molecule has 0 saturated carbocycles. The van der Waals surface area contributed by atoms with E-state index < -0.39 is 0 Å². The number of aromatic nitrogens is 2. The van der Waals surface area contributed by atoms with Gasteiger partial charge in [-0.3, -0.25) is 4.90 Å². The fourth-order valence-corrected chi connectivity index (χ4v) is 3.44. The number of amides is 1. The highest BCUT2D eigenvalue weighted by Crippen LogP contribution is 2.32. The minimum atomic E-state index is -0.339. The maximum Gasteiger partial charge on any atom is 0.410 e. The third-order valence-corrected chi connectivity index (χ3v) is 4.69. The van der Waals surface area contributed by atoms with Crippen LogP contribution in [0.5, 0.6) is 0 Å². The first-order valence-corrected chi connectivity index (χ1v) is 8.16. The topological polar surface area (TPSA) is 84.8 Å². The molecule has 4 heterocycles. The normalized spacial score (nSPS) is 25.2. The highest BCUT2D eigenvalue weighted by molar-refractivity contribution is 5.70. The lowest BCUT2D eigenvalue weighted by Gasteiger charge is -2.25. The van der Waals surface area contributed by atoms with Crippen molar-refractivity contribution in [2.75, 3.05) is 26.7 Å². The smallest absolute Gasteiger partial charge is 0.410 e. The molecule has 1 spiro atoms. The van der Waals surface area contributed by atoms with Gasteiger partial charge in [0.15, 0.2) is 5.76 Å². The number of ether oxygens (including phenoxy) is 1. The lowest BCUT2D eigenvalue weighted by atomic mass is 9.95. The predicted molar refractivity (Wildman–Crippen MR) is 83.0 cm³/mol. The standard InChI is InChI=1S/C16H20N4O4/c1-19-11-16(24-15(19)21)5-3-7-20(8-6-16)10-13-17-18-14(23-13)12-4-2-9-22-12/h2,4,9H,3,5-8,10-11H2,1H3/t16-/m1/s1. The van der Waals surface area contributed by atoms with E-state index in [1.165, 1.54) is 0 Å². The summed E-state index contributed by atoms with van der Waals surface area (Å²) in [6.07, 6.45) is 4.04. The summed E-state index contributed by atoms with van der Waals surface area (Å²) >= 11 is 0. The maximum absolute atomic E-state index is 11.7. The molecule has 2 aromatic rings. The van der Waals surface area contributed by atoms with Crippen molar-refractivity contribution in [3.05, 3.63) is 24.3 Å². The van der Waals surface area contributed by atoms with Crippen LogP contribution < -0.4 is 0 Å². The molecule has 0 unspecified atom stereocenters. The number of rotatable bonds is 3. The van der Waals surface area contributed by atoms with Crippen LogP contribution in [0.3, 0.4) is 0 Å². The first kappa shape index (κ1) is 15.2. The third-order valence-electron chi connectivity index (χ3n) is 4.69. The highest BCUT2D eigenvalue weighted by Gasteiger charge is 2.44. The molecule has 128 valence electrons. The van der Waals surface area contributed by atoms with Crippen molar-refractivity contribution in [3.63, 3.8) is 0 Å². The monoisotopic (exact) mass is 332 g/mol. The number of furan rings is 1. The Morgan fingerprint density at radius 1 is 1.29 bits per heavy atom. The molecule has 0 aliphatic carbocycles. The van der Waals surface area contributed by atoms with Crippen LogP contribution in [0.4, 0.5) is 4.79 Å². The zero-order chi connectivity index (χ0) is 16.6.